The zero-order chi connectivity index (χ0) is 21.8. The van der Waals surface area contributed by atoms with Crippen LogP contribution in [0.25, 0.3) is 6.08 Å². The second kappa shape index (κ2) is 9.19. The molecule has 1 saturated heterocycles. The molecule has 3 rings (SSSR count). The number of nitrogens with one attached hydrogen (secondary N) is 1. The quantitative estimate of drug-likeness (QED) is 0.273. The molecular weight excluding hydrogens is 524 g/mol. The van der Waals surface area contributed by atoms with Gasteiger partial charge in [-0.15, -0.1) is 0 Å². The van der Waals surface area contributed by atoms with E-state index in [1.807, 2.05) is 28.7 Å². The van der Waals surface area contributed by atoms with Gasteiger partial charge in [-0.05, 0) is 70.7 Å². The Morgan fingerprint density at radius 3 is 2.73 bits per heavy atom. The first-order valence-corrected chi connectivity index (χ1v) is 9.89. The molecule has 1 fully saturated rings. The van der Waals surface area contributed by atoms with Crippen LogP contribution in [0, 0.1) is 20.7 Å². The molecule has 152 valence electrons. The highest BCUT2D eigenvalue weighted by atomic mass is 127. The summed E-state index contributed by atoms with van der Waals surface area (Å²) < 4.78 is 25.5. The van der Waals surface area contributed by atoms with Gasteiger partial charge in [-0.25, -0.2) is 9.29 Å². The van der Waals surface area contributed by atoms with Crippen LogP contribution >= 0.6 is 34.8 Å². The van der Waals surface area contributed by atoms with E-state index in [1.54, 1.807) is 18.2 Å². The minimum Gasteiger partial charge on any atom is -0.493 e. The highest BCUT2D eigenvalue weighted by Gasteiger charge is 2.35. The number of methoxy groups -OCH3 is 1. The fourth-order valence-corrected chi connectivity index (χ4v) is 3.80. The van der Waals surface area contributed by atoms with E-state index in [-0.39, 0.29) is 23.0 Å². The minimum atomic E-state index is -0.757. The summed E-state index contributed by atoms with van der Waals surface area (Å²) in [6.45, 7) is -0.164. The van der Waals surface area contributed by atoms with Crippen LogP contribution in [0.15, 0.2) is 42.0 Å². The van der Waals surface area contributed by atoms with Crippen LogP contribution in [0.4, 0.5) is 10.1 Å². The van der Waals surface area contributed by atoms with Crippen LogP contribution in [0.1, 0.15) is 5.56 Å². The monoisotopic (exact) mass is 537 g/mol. The summed E-state index contributed by atoms with van der Waals surface area (Å²) in [5.74, 6) is -1.41. The number of carbonyl (C=O) groups is 2. The highest BCUT2D eigenvalue weighted by Crippen LogP contribution is 2.35. The van der Waals surface area contributed by atoms with Crippen LogP contribution in [-0.4, -0.2) is 30.6 Å². The van der Waals surface area contributed by atoms with Crippen LogP contribution in [-0.2, 0) is 9.59 Å². The Hall–Kier alpha value is -3.04. The Kier molecular flexibility index (Phi) is 6.63. The van der Waals surface area contributed by atoms with Gasteiger partial charge in [-0.3, -0.25) is 14.9 Å². The molecule has 0 spiro atoms. The van der Waals surface area contributed by atoms with E-state index in [2.05, 4.69) is 5.32 Å². The Balaban J connectivity index is 2.04. The van der Waals surface area contributed by atoms with Gasteiger partial charge in [-0.2, -0.15) is 5.26 Å². The molecule has 0 aromatic heterocycles. The molecule has 0 bridgehead atoms. The van der Waals surface area contributed by atoms with Gasteiger partial charge in [0.2, 0.25) is 0 Å². The average Bonchev–Trinajstić information content (AvgIpc) is 2.71. The van der Waals surface area contributed by atoms with Gasteiger partial charge in [0.15, 0.2) is 23.2 Å². The maximum atomic E-state index is 14.2. The summed E-state index contributed by atoms with van der Waals surface area (Å²) in [4.78, 5) is 26.4. The standard InChI is InChI=1S/C20H13FIN3O4S/c1-28-16-10-11(9-14(22)17(16)29-7-6-23)8-12-18(26)24-20(30)25(19(12)27)15-5-3-2-4-13(15)21/h2-5,8-10H,7H2,1H3,(H,24,26,30)/b12-8+. The first kappa shape index (κ1) is 21.7. The molecule has 7 nitrogen and oxygen atoms in total. The van der Waals surface area contributed by atoms with Crippen molar-refractivity contribution in [1.82, 2.24) is 5.32 Å². The fourth-order valence-electron chi connectivity index (χ4n) is 2.74. The molecule has 0 aliphatic carbocycles. The number of para-hydroxylation sites is 1. The zero-order valence-electron chi connectivity index (χ0n) is 15.4. The van der Waals surface area contributed by atoms with Gasteiger partial charge in [0.1, 0.15) is 17.5 Å². The van der Waals surface area contributed by atoms with E-state index in [4.69, 9.17) is 27.0 Å². The molecule has 2 aromatic carbocycles. The van der Waals surface area contributed by atoms with E-state index in [1.165, 1.54) is 31.4 Å². The van der Waals surface area contributed by atoms with Crippen molar-refractivity contribution in [3.8, 4) is 17.6 Å². The van der Waals surface area contributed by atoms with Crippen molar-refractivity contribution in [2.24, 2.45) is 0 Å². The molecule has 0 atom stereocenters. The number of hydrogen-bond acceptors (Lipinski definition) is 6. The number of anilines is 1. The molecule has 1 aliphatic heterocycles. The van der Waals surface area contributed by atoms with Crippen molar-refractivity contribution in [2.45, 2.75) is 0 Å². The summed E-state index contributed by atoms with van der Waals surface area (Å²) >= 11 is 7.06. The number of halogens is 2. The first-order valence-electron chi connectivity index (χ1n) is 8.40. The Bertz CT molecular complexity index is 1130. The molecule has 10 heteroatoms. The molecule has 30 heavy (non-hydrogen) atoms. The predicted molar refractivity (Wildman–Crippen MR) is 119 cm³/mol. The van der Waals surface area contributed by atoms with E-state index < -0.39 is 17.6 Å². The number of benzene rings is 2. The molecule has 1 N–H and O–H groups in total. The average molecular weight is 537 g/mol. The SMILES string of the molecule is COc1cc(/C=C2\C(=O)NC(=S)N(c3ccccc3F)C2=O)cc(I)c1OCC#N. The lowest BCUT2D eigenvalue weighted by Crippen LogP contribution is -2.54. The smallest absolute Gasteiger partial charge is 0.270 e. The van der Waals surface area contributed by atoms with Gasteiger partial charge >= 0.3 is 0 Å². The summed E-state index contributed by atoms with van der Waals surface area (Å²) in [6, 6.07) is 10.7. The van der Waals surface area contributed by atoms with Gasteiger partial charge in [0.05, 0.1) is 16.4 Å². The number of ether oxygens (including phenoxy) is 2. The van der Waals surface area contributed by atoms with Crippen molar-refractivity contribution in [1.29, 1.82) is 5.26 Å². The number of rotatable bonds is 5. The van der Waals surface area contributed by atoms with Crippen molar-refractivity contribution < 1.29 is 23.5 Å². The van der Waals surface area contributed by atoms with Crippen LogP contribution in [0.2, 0.25) is 0 Å². The highest BCUT2D eigenvalue weighted by molar-refractivity contribution is 14.1. The topological polar surface area (TPSA) is 91.7 Å². The Morgan fingerprint density at radius 1 is 1.33 bits per heavy atom. The molecule has 0 unspecified atom stereocenters. The van der Waals surface area contributed by atoms with Gasteiger partial charge in [-0.1, -0.05) is 12.1 Å². The van der Waals surface area contributed by atoms with Crippen molar-refractivity contribution in [3.63, 3.8) is 0 Å². The number of carbonyl (C=O) groups excluding carboxylic acids is 2. The Morgan fingerprint density at radius 2 is 2.07 bits per heavy atom. The molecule has 2 amide bonds. The molecule has 1 aliphatic rings. The molecule has 0 saturated carbocycles. The second-order valence-electron chi connectivity index (χ2n) is 5.89. The molecule has 1 heterocycles. The summed E-state index contributed by atoms with van der Waals surface area (Å²) in [7, 11) is 1.43. The third-order valence-electron chi connectivity index (χ3n) is 4.04. The van der Waals surface area contributed by atoms with E-state index >= 15 is 0 Å². The third-order valence-corrected chi connectivity index (χ3v) is 5.12. The number of amides is 2. The van der Waals surface area contributed by atoms with E-state index in [9.17, 15) is 14.0 Å². The predicted octanol–water partition coefficient (Wildman–Crippen LogP) is 3.17. The van der Waals surface area contributed by atoms with E-state index in [0.717, 1.165) is 4.90 Å². The van der Waals surface area contributed by atoms with Crippen molar-refractivity contribution in [3.05, 3.63) is 56.9 Å². The second-order valence-corrected chi connectivity index (χ2v) is 7.44. The summed E-state index contributed by atoms with van der Waals surface area (Å²) in [5, 5.41) is 10.9. The van der Waals surface area contributed by atoms with Gasteiger partial charge < -0.3 is 9.47 Å². The number of thiocarbonyl (C=S) groups is 1. The lowest BCUT2D eigenvalue weighted by atomic mass is 10.1. The number of nitriles is 1. The minimum absolute atomic E-state index is 0.0641. The maximum Gasteiger partial charge on any atom is 0.270 e. The van der Waals surface area contributed by atoms with E-state index in [0.29, 0.717) is 20.6 Å². The number of nitrogens with zero attached hydrogens (tertiary/aromatic N) is 2. The normalized spacial score (nSPS) is 15.1. The van der Waals surface area contributed by atoms with Crippen molar-refractivity contribution in [2.75, 3.05) is 18.6 Å². The van der Waals surface area contributed by atoms with Crippen LogP contribution in [0.5, 0.6) is 11.5 Å². The van der Waals surface area contributed by atoms with Gasteiger partial charge in [0.25, 0.3) is 11.8 Å². The Labute approximate surface area is 190 Å². The lowest BCUT2D eigenvalue weighted by molar-refractivity contribution is -0.122. The summed E-state index contributed by atoms with van der Waals surface area (Å²) in [5.41, 5.74) is 0.182. The molecular formula is C20H13FIN3O4S. The molecule has 0 radical (unpaired) electrons. The van der Waals surface area contributed by atoms with Crippen LogP contribution < -0.4 is 19.7 Å². The first-order chi connectivity index (χ1) is 14.4. The van der Waals surface area contributed by atoms with Crippen LogP contribution in [0.3, 0.4) is 0 Å². The molecule has 2 aromatic rings. The third kappa shape index (κ3) is 4.27. The summed E-state index contributed by atoms with van der Waals surface area (Å²) in [6.07, 6.45) is 1.35. The van der Waals surface area contributed by atoms with Gasteiger partial charge in [0, 0.05) is 0 Å². The largest absolute Gasteiger partial charge is 0.493 e. The van der Waals surface area contributed by atoms with Crippen molar-refractivity contribution >= 4 is 63.5 Å². The lowest BCUT2D eigenvalue weighted by Gasteiger charge is -2.29. The maximum absolute atomic E-state index is 14.2. The zero-order valence-corrected chi connectivity index (χ0v) is 18.4. The fraction of sp³-hybridized carbons (Fsp3) is 0.100. The number of hydrogen-bond donors (Lipinski definition) is 1.